The molecule has 8 nitrogen and oxygen atoms in total. The topological polar surface area (TPSA) is 101 Å². The highest BCUT2D eigenvalue weighted by atomic mass is 35.5. The van der Waals surface area contributed by atoms with Crippen molar-refractivity contribution in [3.63, 3.8) is 0 Å². The molecule has 1 amide bonds. The molecule has 0 atom stereocenters. The van der Waals surface area contributed by atoms with Crippen LogP contribution < -0.4 is 10.5 Å². The summed E-state index contributed by atoms with van der Waals surface area (Å²) in [7, 11) is 3.37. The number of carbonyl (C=O) groups excluding carboxylic acids is 1. The Bertz CT molecular complexity index is 929. The summed E-state index contributed by atoms with van der Waals surface area (Å²) in [6, 6.07) is 7.29. The minimum absolute atomic E-state index is 0.0649. The molecule has 0 aliphatic carbocycles. The molecule has 0 aliphatic heterocycles. The molecular weight excluding hydrogens is 344 g/mol. The fourth-order valence-electron chi connectivity index (χ4n) is 2.52. The Morgan fingerprint density at radius 3 is 2.48 bits per heavy atom. The monoisotopic (exact) mass is 360 g/mol. The van der Waals surface area contributed by atoms with Crippen LogP contribution in [0.2, 0.25) is 5.02 Å². The van der Waals surface area contributed by atoms with Crippen LogP contribution in [0.3, 0.4) is 0 Å². The summed E-state index contributed by atoms with van der Waals surface area (Å²) in [5.74, 6) is 1.01. The number of amides is 1. The van der Waals surface area contributed by atoms with E-state index in [-0.39, 0.29) is 6.42 Å². The Morgan fingerprint density at radius 1 is 1.28 bits per heavy atom. The van der Waals surface area contributed by atoms with E-state index in [2.05, 4.69) is 15.2 Å². The lowest BCUT2D eigenvalue weighted by Crippen LogP contribution is -2.14. The summed E-state index contributed by atoms with van der Waals surface area (Å²) >= 11 is 6.39. The molecule has 1 aromatic carbocycles. The molecule has 25 heavy (non-hydrogen) atoms. The van der Waals surface area contributed by atoms with Crippen molar-refractivity contribution in [2.75, 3.05) is 7.11 Å². The highest BCUT2D eigenvalue weighted by Crippen LogP contribution is 2.30. The van der Waals surface area contributed by atoms with Crippen LogP contribution in [-0.2, 0) is 18.3 Å². The molecule has 0 unspecified atom stereocenters. The van der Waals surface area contributed by atoms with Crippen molar-refractivity contribution in [1.82, 2.24) is 24.5 Å². The molecule has 3 rings (SSSR count). The standard InChI is InChI=1S/C16H17ClN6O2/c1-9-14(17)15(22(2)20-9)16-19-13(8-12(18)24)21-23(16)10-4-6-11(25-3)7-5-10/h4-7H,8H2,1-3H3,(H2,18,24). The van der Waals surface area contributed by atoms with Crippen LogP contribution in [-0.4, -0.2) is 37.6 Å². The molecule has 0 aliphatic rings. The van der Waals surface area contributed by atoms with Gasteiger partial charge in [-0.3, -0.25) is 9.48 Å². The first-order chi connectivity index (χ1) is 11.9. The number of ether oxygens (including phenoxy) is 1. The van der Waals surface area contributed by atoms with E-state index in [9.17, 15) is 4.79 Å². The molecule has 0 fully saturated rings. The van der Waals surface area contributed by atoms with Crippen molar-refractivity contribution in [3.05, 3.63) is 40.8 Å². The third-order valence-corrected chi connectivity index (χ3v) is 4.11. The minimum Gasteiger partial charge on any atom is -0.497 e. The molecule has 0 spiro atoms. The first-order valence-corrected chi connectivity index (χ1v) is 7.86. The number of aromatic nitrogens is 5. The zero-order valence-electron chi connectivity index (χ0n) is 14.0. The van der Waals surface area contributed by atoms with Gasteiger partial charge in [0.2, 0.25) is 5.91 Å². The lowest BCUT2D eigenvalue weighted by molar-refractivity contribution is -0.117. The smallest absolute Gasteiger partial charge is 0.225 e. The summed E-state index contributed by atoms with van der Waals surface area (Å²) in [6.07, 6.45) is -0.0649. The molecule has 0 bridgehead atoms. The van der Waals surface area contributed by atoms with Crippen molar-refractivity contribution < 1.29 is 9.53 Å². The van der Waals surface area contributed by atoms with E-state index in [1.54, 1.807) is 23.5 Å². The summed E-state index contributed by atoms with van der Waals surface area (Å²) in [5, 5.41) is 9.20. The van der Waals surface area contributed by atoms with Crippen LogP contribution in [0.15, 0.2) is 24.3 Å². The van der Waals surface area contributed by atoms with Gasteiger partial charge in [0.05, 0.1) is 29.9 Å². The molecule has 0 saturated heterocycles. The number of primary amides is 1. The highest BCUT2D eigenvalue weighted by Gasteiger charge is 2.22. The van der Waals surface area contributed by atoms with Crippen LogP contribution in [0.5, 0.6) is 5.75 Å². The Balaban J connectivity index is 2.18. The van der Waals surface area contributed by atoms with Crippen LogP contribution in [0.1, 0.15) is 11.5 Å². The molecular formula is C16H17ClN6O2. The number of nitrogens with zero attached hydrogens (tertiary/aromatic N) is 5. The largest absolute Gasteiger partial charge is 0.497 e. The van der Waals surface area contributed by atoms with Crippen molar-refractivity contribution in [2.24, 2.45) is 12.8 Å². The van der Waals surface area contributed by atoms with E-state index < -0.39 is 5.91 Å². The van der Waals surface area contributed by atoms with Gasteiger partial charge in [0.1, 0.15) is 11.4 Å². The van der Waals surface area contributed by atoms with Gasteiger partial charge in [-0.2, -0.15) is 10.2 Å². The first kappa shape index (κ1) is 17.0. The van der Waals surface area contributed by atoms with Gasteiger partial charge in [-0.25, -0.2) is 9.67 Å². The van der Waals surface area contributed by atoms with Gasteiger partial charge in [-0.15, -0.1) is 0 Å². The number of aryl methyl sites for hydroxylation is 2. The van der Waals surface area contributed by atoms with Gasteiger partial charge in [0.25, 0.3) is 0 Å². The number of carbonyl (C=O) groups is 1. The second-order valence-corrected chi connectivity index (χ2v) is 5.85. The predicted molar refractivity (Wildman–Crippen MR) is 92.8 cm³/mol. The van der Waals surface area contributed by atoms with Crippen LogP contribution in [0, 0.1) is 6.92 Å². The Labute approximate surface area is 149 Å². The normalized spacial score (nSPS) is 10.9. The quantitative estimate of drug-likeness (QED) is 0.745. The molecule has 2 aromatic heterocycles. The first-order valence-electron chi connectivity index (χ1n) is 7.49. The minimum atomic E-state index is -0.509. The van der Waals surface area contributed by atoms with Gasteiger partial charge < -0.3 is 10.5 Å². The van der Waals surface area contributed by atoms with E-state index in [0.29, 0.717) is 28.1 Å². The average molecular weight is 361 g/mol. The maximum absolute atomic E-state index is 11.3. The van der Waals surface area contributed by atoms with Crippen molar-refractivity contribution in [3.8, 4) is 23.0 Å². The highest BCUT2D eigenvalue weighted by molar-refractivity contribution is 6.33. The summed E-state index contributed by atoms with van der Waals surface area (Å²) in [4.78, 5) is 15.7. The van der Waals surface area contributed by atoms with E-state index in [0.717, 1.165) is 11.4 Å². The zero-order chi connectivity index (χ0) is 18.1. The van der Waals surface area contributed by atoms with E-state index >= 15 is 0 Å². The Kier molecular flexibility index (Phi) is 4.45. The Morgan fingerprint density at radius 2 is 1.96 bits per heavy atom. The van der Waals surface area contributed by atoms with Gasteiger partial charge in [-0.05, 0) is 31.2 Å². The maximum Gasteiger partial charge on any atom is 0.225 e. The molecule has 3 aromatic rings. The lowest BCUT2D eigenvalue weighted by Gasteiger charge is -2.07. The van der Waals surface area contributed by atoms with Crippen LogP contribution in [0.25, 0.3) is 17.2 Å². The molecule has 0 radical (unpaired) electrons. The number of hydrogen-bond donors (Lipinski definition) is 1. The number of rotatable bonds is 5. The van der Waals surface area contributed by atoms with Gasteiger partial charge in [-0.1, -0.05) is 11.6 Å². The number of hydrogen-bond acceptors (Lipinski definition) is 5. The lowest BCUT2D eigenvalue weighted by atomic mass is 10.3. The predicted octanol–water partition coefficient (Wildman–Crippen LogP) is 1.67. The zero-order valence-corrected chi connectivity index (χ0v) is 14.8. The number of halogens is 1. The molecule has 2 N–H and O–H groups in total. The number of methoxy groups -OCH3 is 1. The van der Waals surface area contributed by atoms with Crippen LogP contribution >= 0.6 is 11.6 Å². The summed E-state index contributed by atoms with van der Waals surface area (Å²) in [6.45, 7) is 1.81. The van der Waals surface area contributed by atoms with Crippen molar-refractivity contribution in [2.45, 2.75) is 13.3 Å². The fraction of sp³-hybridized carbons (Fsp3) is 0.250. The van der Waals surface area contributed by atoms with Gasteiger partial charge in [0, 0.05) is 7.05 Å². The molecule has 9 heteroatoms. The maximum atomic E-state index is 11.3. The van der Waals surface area contributed by atoms with E-state index in [4.69, 9.17) is 22.1 Å². The molecule has 0 saturated carbocycles. The second-order valence-electron chi connectivity index (χ2n) is 5.48. The van der Waals surface area contributed by atoms with Gasteiger partial charge >= 0.3 is 0 Å². The second kappa shape index (κ2) is 6.56. The number of nitrogens with two attached hydrogens (primary N) is 1. The van der Waals surface area contributed by atoms with Crippen LogP contribution in [0.4, 0.5) is 0 Å². The van der Waals surface area contributed by atoms with Crippen molar-refractivity contribution in [1.29, 1.82) is 0 Å². The SMILES string of the molecule is COc1ccc(-n2nc(CC(N)=O)nc2-c2c(Cl)c(C)nn2C)cc1. The fourth-order valence-corrected chi connectivity index (χ4v) is 2.76. The third-order valence-electron chi connectivity index (χ3n) is 3.66. The average Bonchev–Trinajstić information content (AvgIpc) is 3.07. The molecule has 2 heterocycles. The Hall–Kier alpha value is -2.87. The molecule has 130 valence electrons. The summed E-state index contributed by atoms with van der Waals surface area (Å²) < 4.78 is 8.42. The van der Waals surface area contributed by atoms with Gasteiger partial charge in [0.15, 0.2) is 11.6 Å². The summed E-state index contributed by atoms with van der Waals surface area (Å²) in [5.41, 5.74) is 7.31. The van der Waals surface area contributed by atoms with E-state index in [1.807, 2.05) is 31.2 Å². The number of benzene rings is 1. The van der Waals surface area contributed by atoms with Crippen molar-refractivity contribution >= 4 is 17.5 Å². The van der Waals surface area contributed by atoms with E-state index in [1.165, 1.54) is 0 Å². The third kappa shape index (κ3) is 3.20.